The van der Waals surface area contributed by atoms with Crippen LogP contribution in [0.15, 0.2) is 48.7 Å². The number of hydrogen-bond donors (Lipinski definition) is 2. The van der Waals surface area contributed by atoms with E-state index in [0.717, 1.165) is 18.5 Å². The Hall–Kier alpha value is -2.40. The Morgan fingerprint density at radius 2 is 2.00 bits per heavy atom. The third-order valence-corrected chi connectivity index (χ3v) is 5.02. The number of pyridine rings is 1. The number of carbonyl (C=O) groups is 1. The van der Waals surface area contributed by atoms with Crippen LogP contribution in [-0.4, -0.2) is 23.0 Å². The van der Waals surface area contributed by atoms with Crippen molar-refractivity contribution < 1.29 is 9.53 Å². The fraction of sp³-hybridized carbons (Fsp3) is 0.400. The molecule has 1 aromatic carbocycles. The lowest BCUT2D eigenvalue weighted by molar-refractivity contribution is -0.117. The first kappa shape index (κ1) is 16.1. The molecular weight excluding hydrogens is 314 g/mol. The molecule has 4 rings (SSSR count). The van der Waals surface area contributed by atoms with Gasteiger partial charge in [0.05, 0.1) is 0 Å². The van der Waals surface area contributed by atoms with E-state index in [-0.39, 0.29) is 5.91 Å². The highest BCUT2D eigenvalue weighted by atomic mass is 16.5. The van der Waals surface area contributed by atoms with E-state index in [2.05, 4.69) is 15.6 Å². The van der Waals surface area contributed by atoms with E-state index in [1.165, 1.54) is 12.8 Å². The van der Waals surface area contributed by atoms with Gasteiger partial charge >= 0.3 is 0 Å². The number of anilines is 1. The summed E-state index contributed by atoms with van der Waals surface area (Å²) in [7, 11) is 0. The van der Waals surface area contributed by atoms with Gasteiger partial charge in [-0.3, -0.25) is 4.79 Å². The molecule has 2 saturated heterocycles. The summed E-state index contributed by atoms with van der Waals surface area (Å²) in [4.78, 5) is 16.5. The van der Waals surface area contributed by atoms with Crippen LogP contribution in [0.25, 0.3) is 0 Å². The first-order chi connectivity index (χ1) is 12.2. The monoisotopic (exact) mass is 337 g/mol. The maximum atomic E-state index is 12.4. The topological polar surface area (TPSA) is 63.2 Å². The number of nitrogens with one attached hydrogen (secondary N) is 2. The van der Waals surface area contributed by atoms with Gasteiger partial charge in [0, 0.05) is 42.5 Å². The van der Waals surface area contributed by atoms with Crippen molar-refractivity contribution in [2.24, 2.45) is 5.92 Å². The Balaban J connectivity index is 1.34. The molecule has 0 saturated carbocycles. The van der Waals surface area contributed by atoms with Gasteiger partial charge in [0.25, 0.3) is 0 Å². The molecular formula is C20H23N3O2. The molecule has 1 amide bonds. The highest BCUT2D eigenvalue weighted by Crippen LogP contribution is 2.33. The predicted octanol–water partition coefficient (Wildman–Crippen LogP) is 3.73. The maximum Gasteiger partial charge on any atom is 0.224 e. The molecule has 2 aromatic rings. The summed E-state index contributed by atoms with van der Waals surface area (Å²) in [6.07, 6.45) is 7.04. The summed E-state index contributed by atoms with van der Waals surface area (Å²) >= 11 is 0. The molecule has 0 aliphatic carbocycles. The normalized spacial score (nSPS) is 24.7. The Bertz CT molecular complexity index is 723. The van der Waals surface area contributed by atoms with Crippen LogP contribution in [0.5, 0.6) is 11.6 Å². The van der Waals surface area contributed by atoms with Gasteiger partial charge < -0.3 is 15.4 Å². The summed E-state index contributed by atoms with van der Waals surface area (Å²) in [5, 5.41) is 6.63. The predicted molar refractivity (Wildman–Crippen MR) is 96.7 cm³/mol. The zero-order valence-corrected chi connectivity index (χ0v) is 14.2. The molecule has 0 spiro atoms. The standard InChI is InChI=1S/C20H23N3O2/c24-19(12-14-10-16-7-8-17(11-14)22-16)23-15-4-3-5-18(13-15)25-20-6-1-2-9-21-20/h1-6,9,13-14,16-17,22H,7-8,10-12H2,(H,23,24). The van der Waals surface area contributed by atoms with Crippen LogP contribution in [0.1, 0.15) is 32.1 Å². The van der Waals surface area contributed by atoms with Crippen LogP contribution in [-0.2, 0) is 4.79 Å². The van der Waals surface area contributed by atoms with Crippen LogP contribution in [0.2, 0.25) is 0 Å². The average molecular weight is 337 g/mol. The van der Waals surface area contributed by atoms with Crippen molar-refractivity contribution in [2.45, 2.75) is 44.2 Å². The zero-order chi connectivity index (χ0) is 17.1. The highest BCUT2D eigenvalue weighted by Gasteiger charge is 2.34. The minimum Gasteiger partial charge on any atom is -0.439 e. The number of nitrogens with zero attached hydrogens (tertiary/aromatic N) is 1. The SMILES string of the molecule is O=C(CC1CC2CCC(C1)N2)Nc1cccc(Oc2ccccn2)c1. The minimum absolute atomic E-state index is 0.0845. The molecule has 2 fully saturated rings. The minimum atomic E-state index is 0.0845. The number of ether oxygens (including phenoxy) is 1. The van der Waals surface area contributed by atoms with E-state index in [4.69, 9.17) is 4.74 Å². The van der Waals surface area contributed by atoms with Crippen molar-refractivity contribution in [1.82, 2.24) is 10.3 Å². The molecule has 2 atom stereocenters. The van der Waals surface area contributed by atoms with Crippen molar-refractivity contribution in [3.8, 4) is 11.6 Å². The van der Waals surface area contributed by atoms with Gasteiger partial charge in [-0.1, -0.05) is 12.1 Å². The number of rotatable bonds is 5. The third-order valence-electron chi connectivity index (χ3n) is 5.02. The van der Waals surface area contributed by atoms with E-state index >= 15 is 0 Å². The first-order valence-electron chi connectivity index (χ1n) is 8.99. The van der Waals surface area contributed by atoms with E-state index in [1.54, 1.807) is 12.3 Å². The molecule has 130 valence electrons. The maximum absolute atomic E-state index is 12.4. The largest absolute Gasteiger partial charge is 0.439 e. The smallest absolute Gasteiger partial charge is 0.224 e. The highest BCUT2D eigenvalue weighted by molar-refractivity contribution is 5.91. The summed E-state index contributed by atoms with van der Waals surface area (Å²) in [5.74, 6) is 1.78. The fourth-order valence-corrected chi connectivity index (χ4v) is 3.98. The second-order valence-electron chi connectivity index (χ2n) is 7.03. The molecule has 25 heavy (non-hydrogen) atoms. The molecule has 2 bridgehead atoms. The number of aromatic nitrogens is 1. The number of hydrogen-bond acceptors (Lipinski definition) is 4. The quantitative estimate of drug-likeness (QED) is 0.872. The van der Waals surface area contributed by atoms with Crippen molar-refractivity contribution in [3.05, 3.63) is 48.7 Å². The lowest BCUT2D eigenvalue weighted by Crippen LogP contribution is -2.39. The number of benzene rings is 1. The summed E-state index contributed by atoms with van der Waals surface area (Å²) in [6.45, 7) is 0. The number of piperidine rings is 1. The molecule has 0 radical (unpaired) electrons. The molecule has 5 nitrogen and oxygen atoms in total. The Morgan fingerprint density at radius 3 is 2.76 bits per heavy atom. The van der Waals surface area contributed by atoms with Gasteiger partial charge in [0.1, 0.15) is 5.75 Å². The summed E-state index contributed by atoms with van der Waals surface area (Å²) in [5.41, 5.74) is 0.760. The Labute approximate surface area is 147 Å². The zero-order valence-electron chi connectivity index (χ0n) is 14.2. The van der Waals surface area contributed by atoms with E-state index in [1.807, 2.05) is 36.4 Å². The van der Waals surface area contributed by atoms with Gasteiger partial charge in [-0.15, -0.1) is 0 Å². The lowest BCUT2D eigenvalue weighted by Gasteiger charge is -2.28. The van der Waals surface area contributed by atoms with Crippen LogP contribution in [0, 0.1) is 5.92 Å². The molecule has 2 aliphatic heterocycles. The van der Waals surface area contributed by atoms with Gasteiger partial charge in [-0.05, 0) is 49.8 Å². The first-order valence-corrected chi connectivity index (χ1v) is 8.99. The lowest BCUT2D eigenvalue weighted by atomic mass is 9.89. The van der Waals surface area contributed by atoms with Gasteiger partial charge in [0.2, 0.25) is 11.8 Å². The van der Waals surface area contributed by atoms with E-state index in [0.29, 0.717) is 36.1 Å². The van der Waals surface area contributed by atoms with E-state index in [9.17, 15) is 4.79 Å². The summed E-state index contributed by atoms with van der Waals surface area (Å²) in [6, 6.07) is 14.2. The van der Waals surface area contributed by atoms with Crippen LogP contribution in [0.3, 0.4) is 0 Å². The molecule has 1 aromatic heterocycles. The fourth-order valence-electron chi connectivity index (χ4n) is 3.98. The van der Waals surface area contributed by atoms with Crippen molar-refractivity contribution >= 4 is 11.6 Å². The van der Waals surface area contributed by atoms with Gasteiger partial charge in [-0.2, -0.15) is 0 Å². The second-order valence-corrected chi connectivity index (χ2v) is 7.03. The molecule has 2 unspecified atom stereocenters. The van der Waals surface area contributed by atoms with Crippen LogP contribution in [0.4, 0.5) is 5.69 Å². The van der Waals surface area contributed by atoms with Crippen molar-refractivity contribution in [2.75, 3.05) is 5.32 Å². The van der Waals surface area contributed by atoms with Crippen molar-refractivity contribution in [3.63, 3.8) is 0 Å². The number of carbonyl (C=O) groups excluding carboxylic acids is 1. The average Bonchev–Trinajstić information content (AvgIpc) is 2.94. The van der Waals surface area contributed by atoms with Crippen LogP contribution < -0.4 is 15.4 Å². The molecule has 5 heteroatoms. The number of fused-ring (bicyclic) bond motifs is 2. The van der Waals surface area contributed by atoms with Gasteiger partial charge in [-0.25, -0.2) is 4.98 Å². The van der Waals surface area contributed by atoms with E-state index < -0.39 is 0 Å². The Kier molecular flexibility index (Phi) is 4.65. The van der Waals surface area contributed by atoms with Crippen LogP contribution >= 0.6 is 0 Å². The Morgan fingerprint density at radius 1 is 1.16 bits per heavy atom. The molecule has 3 heterocycles. The summed E-state index contributed by atoms with van der Waals surface area (Å²) < 4.78 is 5.72. The third kappa shape index (κ3) is 4.17. The molecule has 2 N–H and O–H groups in total. The van der Waals surface area contributed by atoms with Gasteiger partial charge in [0.15, 0.2) is 0 Å². The second kappa shape index (κ2) is 7.23. The number of amides is 1. The molecule has 2 aliphatic rings. The van der Waals surface area contributed by atoms with Crippen molar-refractivity contribution in [1.29, 1.82) is 0 Å².